The fourth-order valence-corrected chi connectivity index (χ4v) is 7.90. The molecule has 9 atom stereocenters. The molecule has 2 aliphatic heterocycles. The first-order valence-electron chi connectivity index (χ1n) is 9.71. The van der Waals surface area contributed by atoms with Gasteiger partial charge >= 0.3 is 0 Å². The number of fused-ring (bicyclic) bond motifs is 2. The van der Waals surface area contributed by atoms with E-state index in [1.807, 2.05) is 13.8 Å². The lowest BCUT2D eigenvalue weighted by Gasteiger charge is -2.74. The second kappa shape index (κ2) is 4.61. The zero-order valence-corrected chi connectivity index (χ0v) is 15.3. The normalized spacial score (nSPS) is 59.9. The van der Waals surface area contributed by atoms with Gasteiger partial charge in [0.15, 0.2) is 5.78 Å². The molecule has 26 heavy (non-hydrogen) atoms. The Morgan fingerprint density at radius 1 is 1.12 bits per heavy atom. The molecule has 6 nitrogen and oxygen atoms in total. The third kappa shape index (κ3) is 1.41. The maximum Gasteiger partial charge on any atom is 0.208 e. The average molecular weight is 364 g/mol. The number of ether oxygens (including phenoxy) is 1. The minimum absolute atomic E-state index is 0.0966. The highest BCUT2D eigenvalue weighted by atomic mass is 16.6. The van der Waals surface area contributed by atoms with Gasteiger partial charge in [-0.3, -0.25) is 4.79 Å². The van der Waals surface area contributed by atoms with E-state index < -0.39 is 58.5 Å². The number of hydrogen-bond acceptors (Lipinski definition) is 6. The van der Waals surface area contributed by atoms with Crippen LogP contribution in [0.3, 0.4) is 0 Å². The smallest absolute Gasteiger partial charge is 0.208 e. The maximum absolute atomic E-state index is 13.3. The van der Waals surface area contributed by atoms with Crippen LogP contribution in [0.1, 0.15) is 39.5 Å². The summed E-state index contributed by atoms with van der Waals surface area (Å²) in [7, 11) is 0. The quantitative estimate of drug-likeness (QED) is 0.463. The van der Waals surface area contributed by atoms with Crippen LogP contribution in [0.4, 0.5) is 0 Å². The summed E-state index contributed by atoms with van der Waals surface area (Å²) in [5, 5.41) is 45.1. The zero-order valence-electron chi connectivity index (χ0n) is 15.3. The van der Waals surface area contributed by atoms with Crippen LogP contribution < -0.4 is 0 Å². The molecule has 2 saturated heterocycles. The highest BCUT2D eigenvalue weighted by molar-refractivity contribution is 6.05. The van der Waals surface area contributed by atoms with E-state index in [-0.39, 0.29) is 12.0 Å². The van der Waals surface area contributed by atoms with Crippen LogP contribution in [0.5, 0.6) is 0 Å². The fraction of sp³-hybridized carbons (Fsp3) is 0.850. The summed E-state index contributed by atoms with van der Waals surface area (Å²) < 4.78 is 5.80. The van der Waals surface area contributed by atoms with Gasteiger partial charge in [-0.15, -0.1) is 0 Å². The van der Waals surface area contributed by atoms with Crippen molar-refractivity contribution in [2.24, 2.45) is 34.0 Å². The molecule has 0 aromatic carbocycles. The van der Waals surface area contributed by atoms with E-state index in [0.29, 0.717) is 24.8 Å². The number of hydrogen-bond donors (Lipinski definition) is 4. The molecular weight excluding hydrogens is 336 g/mol. The Bertz CT molecular complexity index is 717. The van der Waals surface area contributed by atoms with Crippen LogP contribution in [0.2, 0.25) is 0 Å². The van der Waals surface area contributed by atoms with Gasteiger partial charge in [-0.25, -0.2) is 0 Å². The first-order chi connectivity index (χ1) is 12.1. The van der Waals surface area contributed by atoms with Gasteiger partial charge in [-0.05, 0) is 42.6 Å². The van der Waals surface area contributed by atoms with Gasteiger partial charge in [0.2, 0.25) is 5.79 Å². The molecule has 6 aliphatic rings. The molecule has 0 amide bonds. The molecular formula is C20H28O6. The van der Waals surface area contributed by atoms with E-state index in [4.69, 9.17) is 4.74 Å². The summed E-state index contributed by atoms with van der Waals surface area (Å²) in [6.07, 6.45) is -0.747. The van der Waals surface area contributed by atoms with Crippen molar-refractivity contribution in [3.63, 3.8) is 0 Å². The Hall–Kier alpha value is -0.790. The van der Waals surface area contributed by atoms with Crippen LogP contribution in [0.25, 0.3) is 0 Å². The highest BCUT2D eigenvalue weighted by Crippen LogP contribution is 2.76. The second-order valence-electron chi connectivity index (χ2n) is 9.97. The third-order valence-electron chi connectivity index (χ3n) is 8.88. The van der Waals surface area contributed by atoms with E-state index in [1.54, 1.807) is 0 Å². The van der Waals surface area contributed by atoms with Gasteiger partial charge in [0, 0.05) is 17.3 Å². The van der Waals surface area contributed by atoms with Gasteiger partial charge in [0.25, 0.3) is 0 Å². The Kier molecular flexibility index (Phi) is 3.07. The monoisotopic (exact) mass is 364 g/mol. The molecule has 2 spiro atoms. The van der Waals surface area contributed by atoms with Crippen molar-refractivity contribution in [3.8, 4) is 0 Å². The molecule has 6 heteroatoms. The van der Waals surface area contributed by atoms with E-state index in [0.717, 1.165) is 6.42 Å². The predicted molar refractivity (Wildman–Crippen MR) is 90.7 cm³/mol. The van der Waals surface area contributed by atoms with Crippen molar-refractivity contribution in [3.05, 3.63) is 12.2 Å². The van der Waals surface area contributed by atoms with Crippen molar-refractivity contribution < 1.29 is 30.0 Å². The van der Waals surface area contributed by atoms with Gasteiger partial charge in [-0.1, -0.05) is 20.4 Å². The molecule has 6 rings (SSSR count). The molecule has 6 fully saturated rings. The largest absolute Gasteiger partial charge is 0.392 e. The van der Waals surface area contributed by atoms with Gasteiger partial charge in [0.05, 0.1) is 18.8 Å². The SMILES string of the molecule is C=C1C(=O)[C@@]23[C@H](O)[C@H]1CC[C@@H]2[C@@]12CO[C@@]3(O)[C@H](O)[C@@H]1C(C)(C)CC[C@H]2O. The van der Waals surface area contributed by atoms with Crippen molar-refractivity contribution in [2.75, 3.05) is 6.61 Å². The number of carbonyl (C=O) groups is 1. The Balaban J connectivity index is 1.81. The number of ketones is 1. The molecule has 0 aromatic rings. The molecule has 4 saturated carbocycles. The molecule has 4 bridgehead atoms. The molecule has 4 N–H and O–H groups in total. The summed E-state index contributed by atoms with van der Waals surface area (Å²) in [6, 6.07) is 0. The summed E-state index contributed by atoms with van der Waals surface area (Å²) in [5.74, 6) is -3.80. The van der Waals surface area contributed by atoms with Crippen LogP contribution in [0.15, 0.2) is 12.2 Å². The van der Waals surface area contributed by atoms with Crippen LogP contribution >= 0.6 is 0 Å². The summed E-state index contributed by atoms with van der Waals surface area (Å²) in [4.78, 5) is 13.3. The van der Waals surface area contributed by atoms with Crippen molar-refractivity contribution in [2.45, 2.75) is 63.6 Å². The number of Topliss-reactive ketones (excluding diaryl/α,β-unsaturated/α-hetero) is 1. The Labute approximate surface area is 152 Å². The zero-order chi connectivity index (χ0) is 18.9. The van der Waals surface area contributed by atoms with E-state index >= 15 is 0 Å². The molecule has 0 radical (unpaired) electrons. The van der Waals surface area contributed by atoms with Crippen LogP contribution in [-0.4, -0.2) is 56.9 Å². The topological polar surface area (TPSA) is 107 Å². The summed E-state index contributed by atoms with van der Waals surface area (Å²) in [5.41, 5.74) is -2.49. The van der Waals surface area contributed by atoms with Crippen molar-refractivity contribution >= 4 is 5.78 Å². The average Bonchev–Trinajstić information content (AvgIpc) is 2.69. The second-order valence-corrected chi connectivity index (χ2v) is 9.97. The minimum Gasteiger partial charge on any atom is -0.392 e. The van der Waals surface area contributed by atoms with E-state index in [2.05, 4.69) is 6.58 Å². The molecule has 0 unspecified atom stereocenters. The number of rotatable bonds is 0. The van der Waals surface area contributed by atoms with Gasteiger partial charge in [0.1, 0.15) is 11.5 Å². The number of aliphatic hydroxyl groups is 4. The standard InChI is InChI=1S/C20H28O6/c1-9-10-4-5-11-18-8-26-20(25,19(11,14(9)22)15(10)23)16(24)13(18)17(2,3)7-6-12(18)21/h10-13,15-16,21,23-25H,1,4-8H2,2-3H3/t10-,11+,12+,13+,15+,16+,18+,19+,20-/m0/s1. The minimum atomic E-state index is -2.15. The first-order valence-corrected chi connectivity index (χ1v) is 9.71. The summed E-state index contributed by atoms with van der Waals surface area (Å²) >= 11 is 0. The third-order valence-corrected chi connectivity index (χ3v) is 8.88. The maximum atomic E-state index is 13.3. The summed E-state index contributed by atoms with van der Waals surface area (Å²) in [6.45, 7) is 8.07. The van der Waals surface area contributed by atoms with Crippen molar-refractivity contribution in [1.82, 2.24) is 0 Å². The van der Waals surface area contributed by atoms with Crippen LogP contribution in [0, 0.1) is 34.0 Å². The lowest BCUT2D eigenvalue weighted by Crippen LogP contribution is -2.85. The lowest BCUT2D eigenvalue weighted by molar-refractivity contribution is -0.458. The highest BCUT2D eigenvalue weighted by Gasteiger charge is 2.86. The van der Waals surface area contributed by atoms with Gasteiger partial charge < -0.3 is 25.2 Å². The number of aliphatic hydroxyl groups excluding tert-OH is 3. The molecule has 144 valence electrons. The first kappa shape index (κ1) is 17.3. The van der Waals surface area contributed by atoms with Gasteiger partial charge in [-0.2, -0.15) is 0 Å². The lowest BCUT2D eigenvalue weighted by atomic mass is 9.35. The Morgan fingerprint density at radius 2 is 1.81 bits per heavy atom. The molecule has 4 aliphatic carbocycles. The van der Waals surface area contributed by atoms with Crippen LogP contribution in [-0.2, 0) is 9.53 Å². The van der Waals surface area contributed by atoms with Crippen molar-refractivity contribution in [1.29, 1.82) is 0 Å². The number of carbonyl (C=O) groups excluding carboxylic acids is 1. The predicted octanol–water partition coefficient (Wildman–Crippen LogP) is 0.376. The molecule has 0 aromatic heterocycles. The fourth-order valence-electron chi connectivity index (χ4n) is 7.90. The van der Waals surface area contributed by atoms with E-state index in [9.17, 15) is 25.2 Å². The molecule has 2 heterocycles. The van der Waals surface area contributed by atoms with E-state index in [1.165, 1.54) is 0 Å². The Morgan fingerprint density at radius 3 is 2.50 bits per heavy atom.